The summed E-state index contributed by atoms with van der Waals surface area (Å²) < 4.78 is 0. The number of benzene rings is 2. The van der Waals surface area contributed by atoms with Crippen molar-refractivity contribution in [2.45, 2.75) is 13.5 Å². The molecule has 0 fully saturated rings. The minimum atomic E-state index is 0.564. The molecule has 102 valence electrons. The van der Waals surface area contributed by atoms with Gasteiger partial charge in [0.15, 0.2) is 0 Å². The molecule has 0 saturated heterocycles. The van der Waals surface area contributed by atoms with E-state index in [-0.39, 0.29) is 0 Å². The second-order valence-electron chi connectivity index (χ2n) is 4.49. The van der Waals surface area contributed by atoms with Gasteiger partial charge in [0.25, 0.3) is 0 Å². The third kappa shape index (κ3) is 3.04. The molecule has 0 amide bonds. The zero-order chi connectivity index (χ0) is 14.5. The van der Waals surface area contributed by atoms with Crippen molar-refractivity contribution in [2.75, 3.05) is 17.2 Å². The molecule has 0 unspecified atom stereocenters. The minimum absolute atomic E-state index is 0.564. The van der Waals surface area contributed by atoms with Gasteiger partial charge >= 0.3 is 0 Å². The first kappa shape index (κ1) is 14.2. The van der Waals surface area contributed by atoms with Gasteiger partial charge in [0.2, 0.25) is 0 Å². The average molecular weight is 286 g/mol. The number of para-hydroxylation sites is 1. The molecule has 0 spiro atoms. The van der Waals surface area contributed by atoms with Gasteiger partial charge in [-0.3, -0.25) is 0 Å². The SMILES string of the molecule is CCN(Cc1ccccc1N)c1ccc(C#N)cc1Cl. The zero-order valence-electron chi connectivity index (χ0n) is 11.3. The standard InChI is InChI=1S/C16H16ClN3/c1-2-20(11-13-5-3-4-6-15(13)19)16-8-7-12(10-18)9-14(16)17/h3-9H,2,11,19H2,1H3. The molecule has 2 rings (SSSR count). The van der Waals surface area contributed by atoms with Crippen LogP contribution in [0.25, 0.3) is 0 Å². The Morgan fingerprint density at radius 1 is 1.25 bits per heavy atom. The summed E-state index contributed by atoms with van der Waals surface area (Å²) in [6, 6.07) is 15.2. The third-order valence-electron chi connectivity index (χ3n) is 3.22. The number of rotatable bonds is 4. The van der Waals surface area contributed by atoms with Crippen molar-refractivity contribution in [3.8, 4) is 6.07 Å². The Morgan fingerprint density at radius 3 is 2.60 bits per heavy atom. The highest BCUT2D eigenvalue weighted by Crippen LogP contribution is 2.28. The fraction of sp³-hybridized carbons (Fsp3) is 0.188. The molecule has 3 nitrogen and oxygen atoms in total. The van der Waals surface area contributed by atoms with E-state index in [1.54, 1.807) is 12.1 Å². The molecule has 4 heteroatoms. The molecule has 2 N–H and O–H groups in total. The van der Waals surface area contributed by atoms with E-state index in [1.807, 2.05) is 30.3 Å². The van der Waals surface area contributed by atoms with Crippen LogP contribution in [0.1, 0.15) is 18.1 Å². The summed E-state index contributed by atoms with van der Waals surface area (Å²) in [6.07, 6.45) is 0. The van der Waals surface area contributed by atoms with Gasteiger partial charge in [-0.15, -0.1) is 0 Å². The maximum Gasteiger partial charge on any atom is 0.0992 e. The number of hydrogen-bond acceptors (Lipinski definition) is 3. The Morgan fingerprint density at radius 2 is 2.00 bits per heavy atom. The lowest BCUT2D eigenvalue weighted by Gasteiger charge is -2.25. The largest absolute Gasteiger partial charge is 0.398 e. The van der Waals surface area contributed by atoms with Gasteiger partial charge in [0, 0.05) is 18.8 Å². The monoisotopic (exact) mass is 285 g/mol. The Bertz CT molecular complexity index is 646. The first-order valence-electron chi connectivity index (χ1n) is 6.43. The van der Waals surface area contributed by atoms with Crippen molar-refractivity contribution in [1.29, 1.82) is 5.26 Å². The van der Waals surface area contributed by atoms with Crippen molar-refractivity contribution < 1.29 is 0 Å². The van der Waals surface area contributed by atoms with E-state index in [1.165, 1.54) is 0 Å². The van der Waals surface area contributed by atoms with Crippen molar-refractivity contribution in [3.63, 3.8) is 0 Å². The van der Waals surface area contributed by atoms with Gasteiger partial charge in [-0.1, -0.05) is 29.8 Å². The van der Waals surface area contributed by atoms with E-state index in [4.69, 9.17) is 22.6 Å². The maximum atomic E-state index is 8.88. The summed E-state index contributed by atoms with van der Waals surface area (Å²) in [5.41, 5.74) is 9.30. The average Bonchev–Trinajstić information content (AvgIpc) is 2.47. The van der Waals surface area contributed by atoms with Gasteiger partial charge < -0.3 is 10.6 Å². The second-order valence-corrected chi connectivity index (χ2v) is 4.90. The van der Waals surface area contributed by atoms with Gasteiger partial charge in [-0.05, 0) is 36.8 Å². The van der Waals surface area contributed by atoms with Gasteiger partial charge in [0.1, 0.15) is 0 Å². The molecule has 0 aliphatic carbocycles. The molecule has 0 aliphatic heterocycles. The minimum Gasteiger partial charge on any atom is -0.398 e. The van der Waals surface area contributed by atoms with Crippen LogP contribution in [0.4, 0.5) is 11.4 Å². The van der Waals surface area contributed by atoms with E-state index < -0.39 is 0 Å². The molecule has 0 radical (unpaired) electrons. The maximum absolute atomic E-state index is 8.88. The highest BCUT2D eigenvalue weighted by Gasteiger charge is 2.11. The van der Waals surface area contributed by atoms with Crippen LogP contribution < -0.4 is 10.6 Å². The van der Waals surface area contributed by atoms with Crippen molar-refractivity contribution in [1.82, 2.24) is 0 Å². The molecule has 0 atom stereocenters. The van der Waals surface area contributed by atoms with Crippen LogP contribution in [0.2, 0.25) is 5.02 Å². The number of halogens is 1. The fourth-order valence-electron chi connectivity index (χ4n) is 2.08. The first-order chi connectivity index (χ1) is 9.65. The summed E-state index contributed by atoms with van der Waals surface area (Å²) in [5.74, 6) is 0. The van der Waals surface area contributed by atoms with Crippen LogP contribution in [-0.2, 0) is 6.54 Å². The number of nitriles is 1. The van der Waals surface area contributed by atoms with Crippen LogP contribution in [0.3, 0.4) is 0 Å². The molecule has 0 bridgehead atoms. The van der Waals surface area contributed by atoms with E-state index >= 15 is 0 Å². The Kier molecular flexibility index (Phi) is 4.49. The molecule has 2 aromatic rings. The molecular weight excluding hydrogens is 270 g/mol. The van der Waals surface area contributed by atoms with Gasteiger partial charge in [0.05, 0.1) is 22.3 Å². The van der Waals surface area contributed by atoms with Crippen LogP contribution in [0.5, 0.6) is 0 Å². The Balaban J connectivity index is 2.29. The summed E-state index contributed by atoms with van der Waals surface area (Å²) in [7, 11) is 0. The van der Waals surface area contributed by atoms with E-state index in [0.717, 1.165) is 23.5 Å². The number of nitrogen functional groups attached to an aromatic ring is 1. The number of nitrogens with two attached hydrogens (primary N) is 1. The van der Waals surface area contributed by atoms with E-state index in [0.29, 0.717) is 17.1 Å². The smallest absolute Gasteiger partial charge is 0.0992 e. The van der Waals surface area contributed by atoms with Crippen molar-refractivity contribution >= 4 is 23.0 Å². The molecule has 20 heavy (non-hydrogen) atoms. The van der Waals surface area contributed by atoms with Crippen LogP contribution in [-0.4, -0.2) is 6.54 Å². The fourth-order valence-corrected chi connectivity index (χ4v) is 2.38. The molecule has 0 saturated carbocycles. The zero-order valence-corrected chi connectivity index (χ0v) is 12.1. The number of hydrogen-bond donors (Lipinski definition) is 1. The molecule has 2 aromatic carbocycles. The lowest BCUT2D eigenvalue weighted by atomic mass is 10.1. The van der Waals surface area contributed by atoms with Crippen molar-refractivity contribution in [2.24, 2.45) is 0 Å². The lowest BCUT2D eigenvalue weighted by molar-refractivity contribution is 0.833. The summed E-state index contributed by atoms with van der Waals surface area (Å²) in [4.78, 5) is 2.13. The predicted octanol–water partition coefficient (Wildman–Crippen LogP) is 3.82. The van der Waals surface area contributed by atoms with Gasteiger partial charge in [-0.25, -0.2) is 0 Å². The Hall–Kier alpha value is -2.18. The Labute approximate surface area is 124 Å². The molecule has 0 aromatic heterocycles. The normalized spacial score (nSPS) is 10.1. The second kappa shape index (κ2) is 6.31. The molecular formula is C16H16ClN3. The lowest BCUT2D eigenvalue weighted by Crippen LogP contribution is -2.23. The van der Waals surface area contributed by atoms with Crippen molar-refractivity contribution in [3.05, 3.63) is 58.6 Å². The van der Waals surface area contributed by atoms with Crippen LogP contribution in [0.15, 0.2) is 42.5 Å². The van der Waals surface area contributed by atoms with E-state index in [9.17, 15) is 0 Å². The predicted molar refractivity (Wildman–Crippen MR) is 83.7 cm³/mol. The van der Waals surface area contributed by atoms with Gasteiger partial charge in [-0.2, -0.15) is 5.26 Å². The highest BCUT2D eigenvalue weighted by molar-refractivity contribution is 6.33. The highest BCUT2D eigenvalue weighted by atomic mass is 35.5. The van der Waals surface area contributed by atoms with Crippen LogP contribution >= 0.6 is 11.6 Å². The number of anilines is 2. The number of nitrogens with zero attached hydrogens (tertiary/aromatic N) is 2. The molecule has 0 aliphatic rings. The third-order valence-corrected chi connectivity index (χ3v) is 3.52. The summed E-state index contributed by atoms with van der Waals surface area (Å²) in [6.45, 7) is 3.56. The summed E-state index contributed by atoms with van der Waals surface area (Å²) >= 11 is 6.26. The van der Waals surface area contributed by atoms with Crippen LogP contribution in [0, 0.1) is 11.3 Å². The first-order valence-corrected chi connectivity index (χ1v) is 6.81. The molecule has 0 heterocycles. The summed E-state index contributed by atoms with van der Waals surface area (Å²) in [5, 5.41) is 9.47. The topological polar surface area (TPSA) is 53.0 Å². The quantitative estimate of drug-likeness (QED) is 0.869. The van der Waals surface area contributed by atoms with E-state index in [2.05, 4.69) is 17.9 Å².